The number of nitrogens with two attached hydrogens (primary N) is 1. The summed E-state index contributed by atoms with van der Waals surface area (Å²) in [5.41, 5.74) is 7.49. The summed E-state index contributed by atoms with van der Waals surface area (Å²) in [5.74, 6) is 1.24. The lowest BCUT2D eigenvalue weighted by Crippen LogP contribution is -2.36. The third-order valence-electron chi connectivity index (χ3n) is 4.30. The highest BCUT2D eigenvalue weighted by Crippen LogP contribution is 2.32. The molecule has 2 amide bonds. The molecular formula is C21H25N5O4. The number of guanidine groups is 1. The Morgan fingerprint density at radius 1 is 1.00 bits per heavy atom. The van der Waals surface area contributed by atoms with Gasteiger partial charge in [-0.15, -0.1) is 0 Å². The molecule has 0 unspecified atom stereocenters. The van der Waals surface area contributed by atoms with Gasteiger partial charge in [-0.3, -0.25) is 9.59 Å². The van der Waals surface area contributed by atoms with E-state index < -0.39 is 5.91 Å². The van der Waals surface area contributed by atoms with Crippen LogP contribution in [0.15, 0.2) is 47.5 Å². The molecule has 0 radical (unpaired) electrons. The molecule has 3 rings (SSSR count). The number of amides is 2. The Kier molecular flexibility index (Phi) is 7.09. The van der Waals surface area contributed by atoms with Gasteiger partial charge in [-0.2, -0.15) is 0 Å². The van der Waals surface area contributed by atoms with Crippen LogP contribution in [0.4, 0.5) is 0 Å². The van der Waals surface area contributed by atoms with Crippen LogP contribution in [0.1, 0.15) is 28.4 Å². The van der Waals surface area contributed by atoms with Crippen LogP contribution in [0.3, 0.4) is 0 Å². The fraction of sp³-hybridized carbons (Fsp3) is 0.286. The van der Waals surface area contributed by atoms with Crippen LogP contribution in [-0.2, 0) is 17.9 Å². The summed E-state index contributed by atoms with van der Waals surface area (Å²) >= 11 is 0. The van der Waals surface area contributed by atoms with E-state index in [9.17, 15) is 9.59 Å². The Balaban J connectivity index is 1.55. The number of carbonyl (C=O) groups is 2. The van der Waals surface area contributed by atoms with Gasteiger partial charge in [0.25, 0.3) is 5.91 Å². The van der Waals surface area contributed by atoms with E-state index in [2.05, 4.69) is 20.9 Å². The minimum atomic E-state index is -0.583. The van der Waals surface area contributed by atoms with E-state index in [1.807, 2.05) is 37.3 Å². The number of aliphatic imine (C=N–C) groups is 1. The fourth-order valence-electron chi connectivity index (χ4n) is 2.78. The number of fused-ring (bicyclic) bond motifs is 1. The zero-order valence-corrected chi connectivity index (χ0v) is 16.7. The van der Waals surface area contributed by atoms with E-state index in [1.165, 1.54) is 0 Å². The summed E-state index contributed by atoms with van der Waals surface area (Å²) in [5, 5.41) is 8.93. The summed E-state index contributed by atoms with van der Waals surface area (Å²) < 4.78 is 10.7. The van der Waals surface area contributed by atoms with Crippen LogP contribution in [0.2, 0.25) is 0 Å². The summed E-state index contributed by atoms with van der Waals surface area (Å²) in [6.45, 7) is 3.82. The highest BCUT2D eigenvalue weighted by Gasteiger charge is 2.13. The molecule has 158 valence electrons. The summed E-state index contributed by atoms with van der Waals surface area (Å²) in [7, 11) is 0. The molecule has 5 N–H and O–H groups in total. The predicted octanol–water partition coefficient (Wildman–Crippen LogP) is 0.886. The van der Waals surface area contributed by atoms with Crippen LogP contribution in [-0.4, -0.2) is 37.7 Å². The van der Waals surface area contributed by atoms with Crippen molar-refractivity contribution in [2.45, 2.75) is 20.0 Å². The van der Waals surface area contributed by atoms with Crippen molar-refractivity contribution >= 4 is 17.8 Å². The van der Waals surface area contributed by atoms with Crippen LogP contribution in [0, 0.1) is 0 Å². The van der Waals surface area contributed by atoms with Gasteiger partial charge in [-0.1, -0.05) is 18.2 Å². The average molecular weight is 411 g/mol. The third-order valence-corrected chi connectivity index (χ3v) is 4.30. The molecule has 1 heterocycles. The largest absolute Gasteiger partial charge is 0.454 e. The number of rotatable bonds is 8. The topological polar surface area (TPSA) is 127 Å². The molecule has 0 aromatic heterocycles. The van der Waals surface area contributed by atoms with Gasteiger partial charge in [0.1, 0.15) is 0 Å². The van der Waals surface area contributed by atoms with Gasteiger partial charge in [0.15, 0.2) is 17.5 Å². The molecule has 1 aliphatic heterocycles. The number of hydrogen-bond donors (Lipinski definition) is 4. The molecule has 0 saturated heterocycles. The second-order valence-electron chi connectivity index (χ2n) is 6.58. The Morgan fingerprint density at radius 3 is 2.47 bits per heavy atom. The number of hydrogen-bond acceptors (Lipinski definition) is 5. The number of primary amides is 1. The highest BCUT2D eigenvalue weighted by molar-refractivity contribution is 5.96. The van der Waals surface area contributed by atoms with E-state index in [1.54, 1.807) is 12.1 Å². The first-order chi connectivity index (χ1) is 14.5. The maximum absolute atomic E-state index is 11.9. The number of ether oxygens (including phenoxy) is 2. The molecule has 0 bridgehead atoms. The highest BCUT2D eigenvalue weighted by atomic mass is 16.7. The molecule has 0 spiro atoms. The van der Waals surface area contributed by atoms with Crippen molar-refractivity contribution < 1.29 is 19.1 Å². The molecule has 9 nitrogen and oxygen atoms in total. The van der Waals surface area contributed by atoms with Crippen molar-refractivity contribution in [1.82, 2.24) is 16.0 Å². The van der Waals surface area contributed by atoms with Gasteiger partial charge >= 0.3 is 0 Å². The van der Waals surface area contributed by atoms with Gasteiger partial charge < -0.3 is 31.2 Å². The van der Waals surface area contributed by atoms with Crippen molar-refractivity contribution in [1.29, 1.82) is 0 Å². The van der Waals surface area contributed by atoms with Gasteiger partial charge in [0, 0.05) is 18.7 Å². The SMILES string of the molecule is CCNC(=NCc1ccc2c(c1)OCO2)NCc1ccc(C(=O)NCC(N)=O)cc1. The number of carbonyl (C=O) groups excluding carboxylic acids is 2. The van der Waals surface area contributed by atoms with E-state index in [0.29, 0.717) is 24.6 Å². The number of nitrogens with zero attached hydrogens (tertiary/aromatic N) is 1. The molecule has 0 saturated carbocycles. The van der Waals surface area contributed by atoms with Gasteiger partial charge in [0.2, 0.25) is 12.7 Å². The summed E-state index contributed by atoms with van der Waals surface area (Å²) in [4.78, 5) is 27.3. The van der Waals surface area contributed by atoms with E-state index in [-0.39, 0.29) is 19.2 Å². The normalized spacial score (nSPS) is 12.4. The smallest absolute Gasteiger partial charge is 0.251 e. The third kappa shape index (κ3) is 5.87. The second-order valence-corrected chi connectivity index (χ2v) is 6.58. The lowest BCUT2D eigenvalue weighted by molar-refractivity contribution is -0.117. The van der Waals surface area contributed by atoms with Crippen molar-refractivity contribution in [2.75, 3.05) is 19.9 Å². The van der Waals surface area contributed by atoms with Crippen molar-refractivity contribution in [2.24, 2.45) is 10.7 Å². The van der Waals surface area contributed by atoms with E-state index in [0.717, 1.165) is 29.2 Å². The van der Waals surface area contributed by atoms with Crippen LogP contribution in [0.5, 0.6) is 11.5 Å². The molecule has 0 aliphatic carbocycles. The Morgan fingerprint density at radius 2 is 1.73 bits per heavy atom. The Bertz CT molecular complexity index is 927. The predicted molar refractivity (Wildman–Crippen MR) is 112 cm³/mol. The van der Waals surface area contributed by atoms with Crippen LogP contribution in [0.25, 0.3) is 0 Å². The molecule has 0 atom stereocenters. The van der Waals surface area contributed by atoms with Crippen LogP contribution >= 0.6 is 0 Å². The summed E-state index contributed by atoms with van der Waals surface area (Å²) in [6.07, 6.45) is 0. The summed E-state index contributed by atoms with van der Waals surface area (Å²) in [6, 6.07) is 12.9. The lowest BCUT2D eigenvalue weighted by atomic mass is 10.1. The first-order valence-corrected chi connectivity index (χ1v) is 9.61. The zero-order chi connectivity index (χ0) is 21.3. The minimum absolute atomic E-state index is 0.186. The maximum Gasteiger partial charge on any atom is 0.251 e. The van der Waals surface area contributed by atoms with Gasteiger partial charge in [-0.05, 0) is 42.3 Å². The first kappa shape index (κ1) is 21.0. The van der Waals surface area contributed by atoms with Crippen molar-refractivity contribution in [3.8, 4) is 11.5 Å². The zero-order valence-electron chi connectivity index (χ0n) is 16.7. The Labute approximate surface area is 174 Å². The molecule has 2 aromatic carbocycles. The van der Waals surface area contributed by atoms with E-state index >= 15 is 0 Å². The quantitative estimate of drug-likeness (QED) is 0.377. The minimum Gasteiger partial charge on any atom is -0.454 e. The van der Waals surface area contributed by atoms with Gasteiger partial charge in [0.05, 0.1) is 13.1 Å². The number of benzene rings is 2. The average Bonchev–Trinajstić information content (AvgIpc) is 3.22. The number of nitrogens with one attached hydrogen (secondary N) is 3. The lowest BCUT2D eigenvalue weighted by Gasteiger charge is -2.12. The monoisotopic (exact) mass is 411 g/mol. The molecule has 9 heteroatoms. The van der Waals surface area contributed by atoms with Gasteiger partial charge in [-0.25, -0.2) is 4.99 Å². The Hall–Kier alpha value is -3.75. The second kappa shape index (κ2) is 10.1. The molecule has 30 heavy (non-hydrogen) atoms. The molecular weight excluding hydrogens is 386 g/mol. The molecule has 1 aliphatic rings. The molecule has 0 fully saturated rings. The fourth-order valence-corrected chi connectivity index (χ4v) is 2.78. The molecule has 2 aromatic rings. The maximum atomic E-state index is 11.9. The van der Waals surface area contributed by atoms with E-state index in [4.69, 9.17) is 15.2 Å². The standard InChI is InChI=1S/C21H25N5O4/c1-2-23-21(26-11-15-5-8-17-18(9-15)30-13-29-17)25-10-14-3-6-16(7-4-14)20(28)24-12-19(22)27/h3-9H,2,10-13H2,1H3,(H2,22,27)(H,24,28)(H2,23,25,26). The van der Waals surface area contributed by atoms with Crippen molar-refractivity contribution in [3.63, 3.8) is 0 Å². The first-order valence-electron chi connectivity index (χ1n) is 9.61. The van der Waals surface area contributed by atoms with Crippen molar-refractivity contribution in [3.05, 3.63) is 59.2 Å². The van der Waals surface area contributed by atoms with Crippen LogP contribution < -0.4 is 31.2 Å².